The van der Waals surface area contributed by atoms with Crippen molar-refractivity contribution >= 4 is 54.5 Å². The highest BCUT2D eigenvalue weighted by Crippen LogP contribution is 2.38. The Hall–Kier alpha value is -7.37. The van der Waals surface area contributed by atoms with Gasteiger partial charge >= 0.3 is 0 Å². The lowest BCUT2D eigenvalue weighted by atomic mass is 9.97. The third-order valence-corrected chi connectivity index (χ3v) is 10.5. The lowest BCUT2D eigenvalue weighted by Gasteiger charge is -2.12. The first-order valence-electron chi connectivity index (χ1n) is 18.1. The van der Waals surface area contributed by atoms with Gasteiger partial charge in [0.05, 0.1) is 11.0 Å². The van der Waals surface area contributed by atoms with E-state index in [2.05, 4.69) is 156 Å². The Balaban J connectivity index is 1.08. The largest absolute Gasteiger partial charge is 0.456 e. The Morgan fingerprint density at radius 3 is 1.72 bits per heavy atom. The summed E-state index contributed by atoms with van der Waals surface area (Å²) in [5, 5.41) is 6.78. The van der Waals surface area contributed by atoms with Gasteiger partial charge in [-0.15, -0.1) is 0 Å². The van der Waals surface area contributed by atoms with Crippen LogP contribution in [0.4, 0.5) is 0 Å². The van der Waals surface area contributed by atoms with Gasteiger partial charge in [0, 0.05) is 32.7 Å². The Morgan fingerprint density at radius 2 is 0.944 bits per heavy atom. The van der Waals surface area contributed by atoms with E-state index >= 15 is 0 Å². The summed E-state index contributed by atoms with van der Waals surface area (Å²) in [6, 6.07) is 63.4. The monoisotopic (exact) mass is 690 g/mol. The molecule has 0 aliphatic rings. The van der Waals surface area contributed by atoms with Crippen LogP contribution in [0.15, 0.2) is 186 Å². The molecule has 0 fully saturated rings. The molecular weight excluding hydrogens is 661 g/mol. The number of fused-ring (bicyclic) bond motifs is 7. The molecule has 0 aliphatic carbocycles. The van der Waals surface area contributed by atoms with Crippen molar-refractivity contribution in [2.45, 2.75) is 0 Å². The molecule has 11 rings (SSSR count). The predicted molar refractivity (Wildman–Crippen MR) is 221 cm³/mol. The van der Waals surface area contributed by atoms with Crippen molar-refractivity contribution < 1.29 is 4.42 Å². The molecule has 0 aliphatic heterocycles. The van der Waals surface area contributed by atoms with E-state index in [1.54, 1.807) is 0 Å². The van der Waals surface area contributed by atoms with Crippen LogP contribution in [0.3, 0.4) is 0 Å². The van der Waals surface area contributed by atoms with E-state index in [4.69, 9.17) is 19.4 Å². The highest BCUT2D eigenvalue weighted by molar-refractivity contribution is 6.12. The van der Waals surface area contributed by atoms with Crippen LogP contribution < -0.4 is 0 Å². The second-order valence-electron chi connectivity index (χ2n) is 13.6. The average Bonchev–Trinajstić information content (AvgIpc) is 3.80. The van der Waals surface area contributed by atoms with E-state index in [-0.39, 0.29) is 0 Å². The van der Waals surface area contributed by atoms with Gasteiger partial charge in [-0.1, -0.05) is 146 Å². The molecule has 0 spiro atoms. The van der Waals surface area contributed by atoms with E-state index in [0.717, 1.165) is 66.0 Å². The van der Waals surface area contributed by atoms with Crippen molar-refractivity contribution in [1.29, 1.82) is 0 Å². The van der Waals surface area contributed by atoms with Crippen molar-refractivity contribution in [2.75, 3.05) is 0 Å². The van der Waals surface area contributed by atoms with Crippen molar-refractivity contribution in [1.82, 2.24) is 19.5 Å². The van der Waals surface area contributed by atoms with E-state index in [0.29, 0.717) is 17.6 Å². The molecule has 0 bridgehead atoms. The zero-order chi connectivity index (χ0) is 35.6. The Morgan fingerprint density at radius 1 is 0.370 bits per heavy atom. The number of benzene rings is 8. The first kappa shape index (κ1) is 30.3. The van der Waals surface area contributed by atoms with Gasteiger partial charge in [-0.05, 0) is 69.4 Å². The van der Waals surface area contributed by atoms with Crippen LogP contribution in [0.2, 0.25) is 0 Å². The zero-order valence-electron chi connectivity index (χ0n) is 29.0. The van der Waals surface area contributed by atoms with Crippen molar-refractivity contribution in [3.63, 3.8) is 0 Å². The third-order valence-electron chi connectivity index (χ3n) is 10.5. The number of aromatic nitrogens is 4. The van der Waals surface area contributed by atoms with Gasteiger partial charge in [-0.2, -0.15) is 9.97 Å². The molecule has 3 heterocycles. The summed E-state index contributed by atoms with van der Waals surface area (Å²) >= 11 is 0. The zero-order valence-corrected chi connectivity index (χ0v) is 29.0. The van der Waals surface area contributed by atoms with Gasteiger partial charge in [0.15, 0.2) is 11.6 Å². The summed E-state index contributed by atoms with van der Waals surface area (Å²) in [4.78, 5) is 15.7. The van der Waals surface area contributed by atoms with Gasteiger partial charge in [-0.3, -0.25) is 4.57 Å². The molecule has 0 atom stereocenters. The maximum atomic E-state index is 6.29. The highest BCUT2D eigenvalue weighted by atomic mass is 16.3. The molecule has 0 amide bonds. The van der Waals surface area contributed by atoms with Gasteiger partial charge in [0.2, 0.25) is 5.95 Å². The smallest absolute Gasteiger partial charge is 0.238 e. The summed E-state index contributed by atoms with van der Waals surface area (Å²) in [6.45, 7) is 0. The summed E-state index contributed by atoms with van der Waals surface area (Å²) in [5.74, 6) is 1.73. The molecule has 0 unspecified atom stereocenters. The lowest BCUT2D eigenvalue weighted by molar-refractivity contribution is 0.669. The number of hydrogen-bond donors (Lipinski definition) is 0. The van der Waals surface area contributed by atoms with E-state index < -0.39 is 0 Å². The molecule has 252 valence electrons. The molecule has 0 saturated heterocycles. The maximum absolute atomic E-state index is 6.29. The molecule has 0 radical (unpaired) electrons. The Kier molecular flexibility index (Phi) is 6.79. The number of rotatable bonds is 5. The van der Waals surface area contributed by atoms with E-state index in [1.165, 1.54) is 21.9 Å². The van der Waals surface area contributed by atoms with E-state index in [1.807, 2.05) is 30.3 Å². The van der Waals surface area contributed by atoms with Gasteiger partial charge in [0.25, 0.3) is 0 Å². The summed E-state index contributed by atoms with van der Waals surface area (Å²) in [7, 11) is 0. The number of furan rings is 1. The molecule has 8 aromatic carbocycles. The summed E-state index contributed by atoms with van der Waals surface area (Å²) < 4.78 is 8.45. The minimum Gasteiger partial charge on any atom is -0.456 e. The maximum Gasteiger partial charge on any atom is 0.238 e. The normalized spacial score (nSPS) is 11.7. The van der Waals surface area contributed by atoms with Crippen molar-refractivity contribution in [3.8, 4) is 51.0 Å². The molecule has 3 aromatic heterocycles. The van der Waals surface area contributed by atoms with Crippen LogP contribution in [-0.2, 0) is 0 Å². The standard InChI is InChI=1S/C49H30N4O/c1-2-12-34-29-36(28-27-31(34)11-1)33-25-23-32(24-26-33)35-13-9-14-37(30-35)47-50-48(41-18-10-22-45-46(41)40-17-5-8-21-44(40)54-45)52-49(51-47)53-42-19-6-3-15-38(42)39-16-4-7-20-43(39)53/h1-30H. The van der Waals surface area contributed by atoms with Crippen molar-refractivity contribution in [3.05, 3.63) is 182 Å². The topological polar surface area (TPSA) is 56.7 Å². The van der Waals surface area contributed by atoms with Crippen LogP contribution in [0.5, 0.6) is 0 Å². The fourth-order valence-electron chi connectivity index (χ4n) is 7.88. The minimum atomic E-state index is 0.558. The molecular formula is C49H30N4O. The molecule has 5 nitrogen and oxygen atoms in total. The lowest BCUT2D eigenvalue weighted by Crippen LogP contribution is -2.06. The summed E-state index contributed by atoms with van der Waals surface area (Å²) in [5.41, 5.74) is 10.1. The van der Waals surface area contributed by atoms with Gasteiger partial charge in [-0.25, -0.2) is 4.98 Å². The fourth-order valence-corrected chi connectivity index (χ4v) is 7.88. The minimum absolute atomic E-state index is 0.558. The number of hydrogen-bond acceptors (Lipinski definition) is 4. The van der Waals surface area contributed by atoms with Crippen LogP contribution >= 0.6 is 0 Å². The highest BCUT2D eigenvalue weighted by Gasteiger charge is 2.20. The van der Waals surface area contributed by atoms with Crippen LogP contribution in [0.25, 0.3) is 105 Å². The average molecular weight is 691 g/mol. The SMILES string of the molecule is c1cc(-c2ccc(-c3ccc4ccccc4c3)cc2)cc(-c2nc(-c3cccc4oc5ccccc5c34)nc(-n3c4ccccc4c4ccccc43)n2)c1. The van der Waals surface area contributed by atoms with Crippen LogP contribution in [0, 0.1) is 0 Å². The fraction of sp³-hybridized carbons (Fsp3) is 0. The van der Waals surface area contributed by atoms with Crippen LogP contribution in [-0.4, -0.2) is 19.5 Å². The molecule has 0 saturated carbocycles. The Bertz CT molecular complexity index is 3170. The van der Waals surface area contributed by atoms with Crippen molar-refractivity contribution in [2.24, 2.45) is 0 Å². The molecule has 54 heavy (non-hydrogen) atoms. The Labute approximate surface area is 310 Å². The second kappa shape index (κ2) is 12.1. The first-order chi connectivity index (χ1) is 26.7. The van der Waals surface area contributed by atoms with Gasteiger partial charge < -0.3 is 4.42 Å². The van der Waals surface area contributed by atoms with Gasteiger partial charge in [0.1, 0.15) is 11.2 Å². The van der Waals surface area contributed by atoms with Crippen LogP contribution in [0.1, 0.15) is 0 Å². The third kappa shape index (κ3) is 4.90. The molecule has 11 aromatic rings. The number of para-hydroxylation sites is 3. The summed E-state index contributed by atoms with van der Waals surface area (Å²) in [6.07, 6.45) is 0. The molecule has 0 N–H and O–H groups in total. The van der Waals surface area contributed by atoms with E-state index in [9.17, 15) is 0 Å². The second-order valence-corrected chi connectivity index (χ2v) is 13.6. The quantitative estimate of drug-likeness (QED) is 0.180. The number of nitrogens with zero attached hydrogens (tertiary/aromatic N) is 4. The predicted octanol–water partition coefficient (Wildman–Crippen LogP) is 12.7. The molecule has 5 heteroatoms. The first-order valence-corrected chi connectivity index (χ1v) is 18.1.